The number of hydrogen-bond donors (Lipinski definition) is 1. The van der Waals surface area contributed by atoms with Crippen LogP contribution in [0.25, 0.3) is 0 Å². The van der Waals surface area contributed by atoms with Gasteiger partial charge in [0.2, 0.25) is 0 Å². The summed E-state index contributed by atoms with van der Waals surface area (Å²) in [7, 11) is 0. The van der Waals surface area contributed by atoms with E-state index < -0.39 is 16.8 Å². The van der Waals surface area contributed by atoms with Gasteiger partial charge in [-0.2, -0.15) is 0 Å². The summed E-state index contributed by atoms with van der Waals surface area (Å²) in [5.41, 5.74) is -0.286. The molecule has 1 N–H and O–H groups in total. The molecule has 0 aliphatic rings. The Balaban J connectivity index is 3.19. The summed E-state index contributed by atoms with van der Waals surface area (Å²) in [6.45, 7) is 1.35. The van der Waals surface area contributed by atoms with Crippen LogP contribution >= 0.6 is 0 Å². The molecular formula is C8H8FNO3. The third-order valence-electron chi connectivity index (χ3n) is 1.64. The van der Waals surface area contributed by atoms with Gasteiger partial charge in [0.25, 0.3) is 5.69 Å². The predicted molar refractivity (Wildman–Crippen MR) is 43.7 cm³/mol. The van der Waals surface area contributed by atoms with Gasteiger partial charge in [0.05, 0.1) is 11.0 Å². The van der Waals surface area contributed by atoms with Gasteiger partial charge in [-0.05, 0) is 13.0 Å². The first kappa shape index (κ1) is 9.60. The number of halogens is 1. The van der Waals surface area contributed by atoms with E-state index >= 15 is 0 Å². The van der Waals surface area contributed by atoms with Crippen LogP contribution in [-0.2, 0) is 0 Å². The van der Waals surface area contributed by atoms with Crippen molar-refractivity contribution in [2.24, 2.45) is 0 Å². The molecule has 0 saturated heterocycles. The molecule has 1 aromatic rings. The van der Waals surface area contributed by atoms with Crippen molar-refractivity contribution >= 4 is 5.69 Å². The highest BCUT2D eigenvalue weighted by atomic mass is 19.1. The Morgan fingerprint density at radius 2 is 2.23 bits per heavy atom. The van der Waals surface area contributed by atoms with Crippen molar-refractivity contribution in [3.63, 3.8) is 0 Å². The zero-order valence-electron chi connectivity index (χ0n) is 6.90. The third-order valence-corrected chi connectivity index (χ3v) is 1.64. The van der Waals surface area contributed by atoms with Gasteiger partial charge in [0.15, 0.2) is 0 Å². The van der Waals surface area contributed by atoms with Gasteiger partial charge in [-0.15, -0.1) is 0 Å². The van der Waals surface area contributed by atoms with Crippen LogP contribution in [0.5, 0.6) is 0 Å². The second kappa shape index (κ2) is 3.49. The van der Waals surface area contributed by atoms with E-state index in [1.54, 1.807) is 0 Å². The van der Waals surface area contributed by atoms with E-state index in [2.05, 4.69) is 0 Å². The highest BCUT2D eigenvalue weighted by Gasteiger charge is 2.13. The molecule has 0 aromatic heterocycles. The van der Waals surface area contributed by atoms with Crippen molar-refractivity contribution < 1.29 is 14.4 Å². The van der Waals surface area contributed by atoms with Crippen LogP contribution in [0.4, 0.5) is 10.1 Å². The van der Waals surface area contributed by atoms with Crippen LogP contribution in [-0.4, -0.2) is 10.0 Å². The number of nitro groups is 1. The summed E-state index contributed by atoms with van der Waals surface area (Å²) in [5, 5.41) is 19.3. The molecule has 1 aromatic carbocycles. The lowest BCUT2D eigenvalue weighted by molar-refractivity contribution is -0.385. The van der Waals surface area contributed by atoms with Crippen LogP contribution < -0.4 is 0 Å². The molecule has 70 valence electrons. The molecule has 0 spiro atoms. The van der Waals surface area contributed by atoms with Crippen molar-refractivity contribution in [2.45, 2.75) is 13.0 Å². The first-order valence-corrected chi connectivity index (χ1v) is 3.64. The van der Waals surface area contributed by atoms with Gasteiger partial charge < -0.3 is 5.11 Å². The van der Waals surface area contributed by atoms with Crippen LogP contribution in [0.2, 0.25) is 0 Å². The lowest BCUT2D eigenvalue weighted by atomic mass is 10.1. The highest BCUT2D eigenvalue weighted by Crippen LogP contribution is 2.21. The van der Waals surface area contributed by atoms with Gasteiger partial charge in [0, 0.05) is 17.7 Å². The zero-order chi connectivity index (χ0) is 10.0. The lowest BCUT2D eigenvalue weighted by Crippen LogP contribution is -1.97. The molecule has 13 heavy (non-hydrogen) atoms. The van der Waals surface area contributed by atoms with Crippen molar-refractivity contribution in [2.75, 3.05) is 0 Å². The Morgan fingerprint density at radius 3 is 2.69 bits per heavy atom. The van der Waals surface area contributed by atoms with Gasteiger partial charge >= 0.3 is 0 Å². The minimum absolute atomic E-state index is 0.0609. The average molecular weight is 185 g/mol. The monoisotopic (exact) mass is 185 g/mol. The third kappa shape index (κ3) is 2.00. The van der Waals surface area contributed by atoms with Gasteiger partial charge in [0.1, 0.15) is 5.82 Å². The Bertz CT molecular complexity index is 338. The number of rotatable bonds is 2. The molecule has 0 amide bonds. The first-order chi connectivity index (χ1) is 6.02. The first-order valence-electron chi connectivity index (χ1n) is 3.64. The van der Waals surface area contributed by atoms with Crippen molar-refractivity contribution in [1.82, 2.24) is 0 Å². The Hall–Kier alpha value is -1.49. The van der Waals surface area contributed by atoms with E-state index in [-0.39, 0.29) is 11.3 Å². The number of nitro benzene ring substituents is 1. The van der Waals surface area contributed by atoms with E-state index in [1.165, 1.54) is 6.92 Å². The molecule has 1 unspecified atom stereocenters. The van der Waals surface area contributed by atoms with Crippen LogP contribution in [0.1, 0.15) is 18.6 Å². The van der Waals surface area contributed by atoms with E-state index in [1.807, 2.05) is 0 Å². The molecule has 1 rings (SSSR count). The smallest absolute Gasteiger partial charge is 0.270 e. The Kier molecular flexibility index (Phi) is 2.57. The van der Waals surface area contributed by atoms with Gasteiger partial charge in [-0.1, -0.05) is 0 Å². The van der Waals surface area contributed by atoms with Crippen molar-refractivity contribution in [1.29, 1.82) is 0 Å². The molecule has 0 radical (unpaired) electrons. The van der Waals surface area contributed by atoms with Crippen molar-refractivity contribution in [3.05, 3.63) is 39.7 Å². The fourth-order valence-corrected chi connectivity index (χ4v) is 0.965. The second-order valence-electron chi connectivity index (χ2n) is 2.64. The van der Waals surface area contributed by atoms with Crippen molar-refractivity contribution in [3.8, 4) is 0 Å². The van der Waals surface area contributed by atoms with Crippen LogP contribution in [0, 0.1) is 15.9 Å². The molecule has 0 aliphatic heterocycles. The summed E-state index contributed by atoms with van der Waals surface area (Å²) in [6, 6.07) is 3.06. The maximum Gasteiger partial charge on any atom is 0.270 e. The minimum atomic E-state index is -1.04. The average Bonchev–Trinajstić information content (AvgIpc) is 2.04. The fraction of sp³-hybridized carbons (Fsp3) is 0.250. The van der Waals surface area contributed by atoms with Gasteiger partial charge in [-0.3, -0.25) is 10.1 Å². The number of benzene rings is 1. The number of nitrogens with zero attached hydrogens (tertiary/aromatic N) is 1. The Morgan fingerprint density at radius 1 is 1.62 bits per heavy atom. The summed E-state index contributed by atoms with van der Waals surface area (Å²) in [4.78, 5) is 9.65. The minimum Gasteiger partial charge on any atom is -0.389 e. The van der Waals surface area contributed by atoms with E-state index in [9.17, 15) is 14.5 Å². The molecule has 4 nitrogen and oxygen atoms in total. The lowest BCUT2D eigenvalue weighted by Gasteiger charge is -2.04. The van der Waals surface area contributed by atoms with E-state index in [0.717, 1.165) is 18.2 Å². The summed E-state index contributed by atoms with van der Waals surface area (Å²) in [6.07, 6.45) is -1.04. The predicted octanol–water partition coefficient (Wildman–Crippen LogP) is 1.79. The summed E-state index contributed by atoms with van der Waals surface area (Å²) >= 11 is 0. The normalized spacial score (nSPS) is 12.5. The molecular weight excluding hydrogens is 177 g/mol. The summed E-state index contributed by atoms with van der Waals surface area (Å²) in [5.74, 6) is -0.638. The molecule has 0 heterocycles. The SMILES string of the molecule is CC(O)c1cc([N+](=O)[O-])ccc1F. The second-order valence-corrected chi connectivity index (χ2v) is 2.64. The largest absolute Gasteiger partial charge is 0.389 e. The van der Waals surface area contributed by atoms with Crippen LogP contribution in [0.15, 0.2) is 18.2 Å². The van der Waals surface area contributed by atoms with E-state index in [4.69, 9.17) is 5.11 Å². The molecule has 0 saturated carbocycles. The molecule has 5 heteroatoms. The highest BCUT2D eigenvalue weighted by molar-refractivity contribution is 5.36. The number of aliphatic hydroxyl groups is 1. The molecule has 0 fully saturated rings. The standard InChI is InChI=1S/C8H8FNO3/c1-5(11)7-4-6(10(12)13)2-3-8(7)9/h2-5,11H,1H3. The molecule has 1 atom stereocenters. The zero-order valence-corrected chi connectivity index (χ0v) is 6.90. The molecule has 0 aliphatic carbocycles. The Labute approximate surface area is 73.8 Å². The topological polar surface area (TPSA) is 63.4 Å². The number of aliphatic hydroxyl groups excluding tert-OH is 1. The fourth-order valence-electron chi connectivity index (χ4n) is 0.965. The van der Waals surface area contributed by atoms with Gasteiger partial charge in [-0.25, -0.2) is 4.39 Å². The number of non-ortho nitro benzene ring substituents is 1. The van der Waals surface area contributed by atoms with E-state index in [0.29, 0.717) is 0 Å². The maximum atomic E-state index is 12.9. The maximum absolute atomic E-state index is 12.9. The summed E-state index contributed by atoms with van der Waals surface area (Å²) < 4.78 is 12.9. The van der Waals surface area contributed by atoms with Crippen LogP contribution in [0.3, 0.4) is 0 Å². The number of hydrogen-bond acceptors (Lipinski definition) is 3. The quantitative estimate of drug-likeness (QED) is 0.564. The molecule has 0 bridgehead atoms.